The summed E-state index contributed by atoms with van der Waals surface area (Å²) < 4.78 is 26.6. The molecular weight excluding hydrogens is 340 g/mol. The minimum absolute atomic E-state index is 0.0459. The van der Waals surface area contributed by atoms with Gasteiger partial charge in [-0.15, -0.1) is 0 Å². The van der Waals surface area contributed by atoms with Crippen molar-refractivity contribution in [2.75, 3.05) is 22.1 Å². The third-order valence-corrected chi connectivity index (χ3v) is 4.72. The van der Waals surface area contributed by atoms with Crippen molar-refractivity contribution in [2.24, 2.45) is 0 Å². The fraction of sp³-hybridized carbons (Fsp3) is 0.263. The van der Waals surface area contributed by atoms with E-state index in [1.807, 2.05) is 18.2 Å². The van der Waals surface area contributed by atoms with Gasteiger partial charge in [0.2, 0.25) is 11.8 Å². The van der Waals surface area contributed by atoms with Crippen LogP contribution in [0.25, 0.3) is 0 Å². The summed E-state index contributed by atoms with van der Waals surface area (Å²) in [6.07, 6.45) is 1.71. The maximum absolute atomic E-state index is 13.5. The quantitative estimate of drug-likeness (QED) is 0.888. The van der Waals surface area contributed by atoms with Crippen molar-refractivity contribution in [3.8, 4) is 0 Å². The Balaban J connectivity index is 1.52. The zero-order valence-corrected chi connectivity index (χ0v) is 13.9. The Morgan fingerprint density at radius 1 is 1.08 bits per heavy atom. The summed E-state index contributed by atoms with van der Waals surface area (Å²) in [4.78, 5) is 25.7. The molecule has 2 heterocycles. The summed E-state index contributed by atoms with van der Waals surface area (Å²) in [6, 6.07) is 8.50. The summed E-state index contributed by atoms with van der Waals surface area (Å²) >= 11 is 0. The average Bonchev–Trinajstić information content (AvgIpc) is 2.99. The largest absolute Gasteiger partial charge is 0.374 e. The molecule has 2 aliphatic rings. The number of amides is 2. The molecule has 2 amide bonds. The third kappa shape index (κ3) is 3.00. The molecule has 0 aliphatic carbocycles. The molecule has 1 atom stereocenters. The van der Waals surface area contributed by atoms with Gasteiger partial charge in [0.15, 0.2) is 11.6 Å². The maximum Gasteiger partial charge on any atom is 0.249 e. The van der Waals surface area contributed by atoms with Crippen LogP contribution in [0, 0.1) is 11.6 Å². The molecule has 4 rings (SSSR count). The van der Waals surface area contributed by atoms with Crippen LogP contribution < -0.4 is 15.5 Å². The number of halogens is 2. The molecule has 7 heteroatoms. The minimum atomic E-state index is -0.971. The molecule has 134 valence electrons. The van der Waals surface area contributed by atoms with Crippen LogP contribution in [0.3, 0.4) is 0 Å². The second-order valence-electron chi connectivity index (χ2n) is 6.52. The van der Waals surface area contributed by atoms with Gasteiger partial charge in [-0.2, -0.15) is 0 Å². The molecule has 1 unspecified atom stereocenters. The van der Waals surface area contributed by atoms with Crippen LogP contribution in [0.5, 0.6) is 0 Å². The van der Waals surface area contributed by atoms with Gasteiger partial charge in [0.05, 0.1) is 6.42 Å². The molecule has 1 saturated heterocycles. The number of anilines is 3. The highest BCUT2D eigenvalue weighted by Gasteiger charge is 2.30. The van der Waals surface area contributed by atoms with E-state index >= 15 is 0 Å². The van der Waals surface area contributed by atoms with Gasteiger partial charge in [0.25, 0.3) is 0 Å². The van der Waals surface area contributed by atoms with E-state index in [0.29, 0.717) is 25.1 Å². The Hall–Kier alpha value is -2.96. The number of carbonyl (C=O) groups excluding carboxylic acids is 2. The number of carbonyl (C=O) groups is 2. The van der Waals surface area contributed by atoms with Crippen LogP contribution >= 0.6 is 0 Å². The van der Waals surface area contributed by atoms with Gasteiger partial charge in [0.1, 0.15) is 6.04 Å². The van der Waals surface area contributed by atoms with Crippen LogP contribution in [0.15, 0.2) is 36.4 Å². The number of hydrogen-bond acceptors (Lipinski definition) is 3. The Morgan fingerprint density at radius 3 is 2.73 bits per heavy atom. The molecule has 2 aromatic rings. The highest BCUT2D eigenvalue weighted by molar-refractivity contribution is 6.01. The summed E-state index contributed by atoms with van der Waals surface area (Å²) in [5.41, 5.74) is 2.79. The van der Waals surface area contributed by atoms with Gasteiger partial charge in [-0.1, -0.05) is 0 Å². The number of piperidine rings is 1. The van der Waals surface area contributed by atoms with E-state index in [2.05, 4.69) is 10.6 Å². The lowest BCUT2D eigenvalue weighted by Crippen LogP contribution is -2.47. The normalized spacial score (nSPS) is 19.3. The number of hydrogen-bond donors (Lipinski definition) is 2. The van der Waals surface area contributed by atoms with Crippen molar-refractivity contribution in [3.63, 3.8) is 0 Å². The van der Waals surface area contributed by atoms with Crippen molar-refractivity contribution >= 4 is 28.9 Å². The van der Waals surface area contributed by atoms with E-state index in [0.717, 1.165) is 35.5 Å². The van der Waals surface area contributed by atoms with Gasteiger partial charge in [0, 0.05) is 29.7 Å². The SMILES string of the molecule is O=C1Cc2cc(NC3CCCN(c4ccc(F)c(F)c4)C3=O)ccc2N1. The average molecular weight is 357 g/mol. The van der Waals surface area contributed by atoms with Crippen molar-refractivity contribution in [1.29, 1.82) is 0 Å². The Kier molecular flexibility index (Phi) is 4.06. The zero-order valence-electron chi connectivity index (χ0n) is 13.9. The number of nitrogens with zero attached hydrogens (tertiary/aromatic N) is 1. The summed E-state index contributed by atoms with van der Waals surface area (Å²) in [7, 11) is 0. The Bertz CT molecular complexity index is 900. The van der Waals surface area contributed by atoms with E-state index in [9.17, 15) is 18.4 Å². The lowest BCUT2D eigenvalue weighted by Gasteiger charge is -2.33. The van der Waals surface area contributed by atoms with Crippen LogP contribution in [0.2, 0.25) is 0 Å². The lowest BCUT2D eigenvalue weighted by atomic mass is 10.0. The van der Waals surface area contributed by atoms with Gasteiger partial charge < -0.3 is 15.5 Å². The van der Waals surface area contributed by atoms with E-state index in [1.165, 1.54) is 11.0 Å². The molecule has 5 nitrogen and oxygen atoms in total. The summed E-state index contributed by atoms with van der Waals surface area (Å²) in [5, 5.41) is 5.97. The van der Waals surface area contributed by atoms with Crippen molar-refractivity contribution in [3.05, 3.63) is 53.6 Å². The van der Waals surface area contributed by atoms with Crippen LogP contribution in [0.4, 0.5) is 25.8 Å². The van der Waals surface area contributed by atoms with Crippen LogP contribution in [-0.2, 0) is 16.0 Å². The van der Waals surface area contributed by atoms with Crippen molar-refractivity contribution < 1.29 is 18.4 Å². The van der Waals surface area contributed by atoms with Gasteiger partial charge >= 0.3 is 0 Å². The second kappa shape index (κ2) is 6.40. The van der Waals surface area contributed by atoms with Crippen LogP contribution in [-0.4, -0.2) is 24.4 Å². The van der Waals surface area contributed by atoms with Crippen LogP contribution in [0.1, 0.15) is 18.4 Å². The smallest absolute Gasteiger partial charge is 0.249 e. The molecule has 2 aliphatic heterocycles. The predicted molar refractivity (Wildman–Crippen MR) is 94.1 cm³/mol. The fourth-order valence-corrected chi connectivity index (χ4v) is 3.44. The van der Waals surface area contributed by atoms with E-state index in [1.54, 1.807) is 0 Å². The molecule has 0 saturated carbocycles. The number of benzene rings is 2. The third-order valence-electron chi connectivity index (χ3n) is 4.72. The Morgan fingerprint density at radius 2 is 1.92 bits per heavy atom. The van der Waals surface area contributed by atoms with Crippen molar-refractivity contribution in [1.82, 2.24) is 0 Å². The number of fused-ring (bicyclic) bond motifs is 1. The van der Waals surface area contributed by atoms with Crippen molar-refractivity contribution in [2.45, 2.75) is 25.3 Å². The lowest BCUT2D eigenvalue weighted by molar-refractivity contribution is -0.120. The number of rotatable bonds is 3. The molecule has 1 fully saturated rings. The van der Waals surface area contributed by atoms with E-state index in [4.69, 9.17) is 0 Å². The monoisotopic (exact) mass is 357 g/mol. The first kappa shape index (κ1) is 16.5. The van der Waals surface area contributed by atoms with Gasteiger partial charge in [-0.25, -0.2) is 8.78 Å². The molecule has 2 aromatic carbocycles. The first-order chi connectivity index (χ1) is 12.5. The molecule has 2 N–H and O–H groups in total. The first-order valence-electron chi connectivity index (χ1n) is 8.47. The molecule has 26 heavy (non-hydrogen) atoms. The standard InChI is InChI=1S/C19H17F2N3O2/c20-14-5-4-13(10-15(14)21)24-7-1-2-17(19(24)26)22-12-3-6-16-11(8-12)9-18(25)23-16/h3-6,8,10,17,22H,1-2,7,9H2,(H,23,25). The molecule has 0 bridgehead atoms. The topological polar surface area (TPSA) is 61.4 Å². The first-order valence-corrected chi connectivity index (χ1v) is 8.47. The highest BCUT2D eigenvalue weighted by atomic mass is 19.2. The fourth-order valence-electron chi connectivity index (χ4n) is 3.44. The van der Waals surface area contributed by atoms with E-state index < -0.39 is 17.7 Å². The highest BCUT2D eigenvalue weighted by Crippen LogP contribution is 2.28. The summed E-state index contributed by atoms with van der Waals surface area (Å²) in [5.74, 6) is -2.14. The molecule has 0 aromatic heterocycles. The Labute approximate surface area is 149 Å². The molecular formula is C19H17F2N3O2. The second-order valence-corrected chi connectivity index (χ2v) is 6.52. The molecule has 0 spiro atoms. The molecule has 0 radical (unpaired) electrons. The zero-order chi connectivity index (χ0) is 18.3. The van der Waals surface area contributed by atoms with Gasteiger partial charge in [-0.05, 0) is 48.7 Å². The minimum Gasteiger partial charge on any atom is -0.374 e. The predicted octanol–water partition coefficient (Wildman–Crippen LogP) is 3.07. The van der Waals surface area contributed by atoms with E-state index in [-0.39, 0.29) is 11.8 Å². The maximum atomic E-state index is 13.5. The van der Waals surface area contributed by atoms with Gasteiger partial charge in [-0.3, -0.25) is 9.59 Å². The summed E-state index contributed by atoms with van der Waals surface area (Å²) in [6.45, 7) is 0.463. The number of nitrogens with one attached hydrogen (secondary N) is 2.